The Bertz CT molecular complexity index is 516. The topological polar surface area (TPSA) is 69.6 Å². The summed E-state index contributed by atoms with van der Waals surface area (Å²) < 4.78 is 0. The van der Waals surface area contributed by atoms with Crippen LogP contribution in [0.25, 0.3) is 0 Å². The molecule has 2 unspecified atom stereocenters. The molecule has 108 valence electrons. The summed E-state index contributed by atoms with van der Waals surface area (Å²) in [4.78, 5) is 25.1. The number of carbonyl (C=O) groups excluding carboxylic acids is 1. The van der Waals surface area contributed by atoms with Crippen molar-refractivity contribution < 1.29 is 14.7 Å². The molecule has 20 heavy (non-hydrogen) atoms. The molecule has 2 rings (SSSR count). The molecule has 0 aliphatic carbocycles. The Balaban J connectivity index is 2.24. The zero-order valence-electron chi connectivity index (χ0n) is 11.8. The number of carbonyl (C=O) groups is 2. The van der Waals surface area contributed by atoms with Gasteiger partial charge in [0.1, 0.15) is 6.04 Å². The van der Waals surface area contributed by atoms with Gasteiger partial charge in [0.15, 0.2) is 0 Å². The molecule has 5 heteroatoms. The SMILES string of the molecule is CCC(C(=O)O)N(C)C(=O)C1CNCc2ccccc21. The zero-order chi connectivity index (χ0) is 14.7. The normalized spacial score (nSPS) is 19.0. The zero-order valence-corrected chi connectivity index (χ0v) is 11.8. The van der Waals surface area contributed by atoms with Crippen LogP contribution < -0.4 is 5.32 Å². The highest BCUT2D eigenvalue weighted by Crippen LogP contribution is 2.26. The van der Waals surface area contributed by atoms with E-state index in [4.69, 9.17) is 0 Å². The summed E-state index contributed by atoms with van der Waals surface area (Å²) >= 11 is 0. The largest absolute Gasteiger partial charge is 0.480 e. The van der Waals surface area contributed by atoms with Gasteiger partial charge < -0.3 is 15.3 Å². The molecule has 2 N–H and O–H groups in total. The van der Waals surface area contributed by atoms with Gasteiger partial charge in [-0.05, 0) is 17.5 Å². The molecule has 0 saturated carbocycles. The lowest BCUT2D eigenvalue weighted by Crippen LogP contribution is -2.47. The maximum Gasteiger partial charge on any atom is 0.326 e. The van der Waals surface area contributed by atoms with Gasteiger partial charge in [0, 0.05) is 20.1 Å². The highest BCUT2D eigenvalue weighted by Gasteiger charge is 2.33. The van der Waals surface area contributed by atoms with E-state index in [0.717, 1.165) is 17.7 Å². The lowest BCUT2D eigenvalue weighted by atomic mass is 9.89. The Morgan fingerprint density at radius 1 is 1.45 bits per heavy atom. The van der Waals surface area contributed by atoms with Crippen molar-refractivity contribution in [1.29, 1.82) is 0 Å². The second-order valence-electron chi connectivity index (χ2n) is 5.09. The van der Waals surface area contributed by atoms with Crippen molar-refractivity contribution in [2.45, 2.75) is 31.8 Å². The van der Waals surface area contributed by atoms with Gasteiger partial charge in [-0.25, -0.2) is 4.79 Å². The highest BCUT2D eigenvalue weighted by molar-refractivity contribution is 5.88. The first-order valence-electron chi connectivity index (χ1n) is 6.84. The fourth-order valence-corrected chi connectivity index (χ4v) is 2.73. The molecule has 0 bridgehead atoms. The van der Waals surface area contributed by atoms with E-state index in [-0.39, 0.29) is 11.8 Å². The summed E-state index contributed by atoms with van der Waals surface area (Å²) in [6.07, 6.45) is 0.402. The number of likely N-dealkylation sites (N-methyl/N-ethyl adjacent to an activating group) is 1. The smallest absolute Gasteiger partial charge is 0.326 e. The van der Waals surface area contributed by atoms with Crippen molar-refractivity contribution in [2.75, 3.05) is 13.6 Å². The number of fused-ring (bicyclic) bond motifs is 1. The average molecular weight is 276 g/mol. The Labute approximate surface area is 118 Å². The fraction of sp³-hybridized carbons (Fsp3) is 0.467. The predicted octanol–water partition coefficient (Wildman–Crippen LogP) is 1.19. The average Bonchev–Trinajstić information content (AvgIpc) is 2.46. The summed E-state index contributed by atoms with van der Waals surface area (Å²) in [5, 5.41) is 12.4. The van der Waals surface area contributed by atoms with Crippen LogP contribution >= 0.6 is 0 Å². The Morgan fingerprint density at radius 3 is 2.80 bits per heavy atom. The molecule has 0 aromatic heterocycles. The number of carboxylic acids is 1. The number of nitrogens with zero attached hydrogens (tertiary/aromatic N) is 1. The third-order valence-electron chi connectivity index (χ3n) is 3.88. The van der Waals surface area contributed by atoms with E-state index in [9.17, 15) is 14.7 Å². The summed E-state index contributed by atoms with van der Waals surface area (Å²) in [5.41, 5.74) is 2.11. The van der Waals surface area contributed by atoms with Gasteiger partial charge in [0.25, 0.3) is 0 Å². The lowest BCUT2D eigenvalue weighted by Gasteiger charge is -2.31. The maximum absolute atomic E-state index is 12.6. The lowest BCUT2D eigenvalue weighted by molar-refractivity contribution is -0.149. The Morgan fingerprint density at radius 2 is 2.15 bits per heavy atom. The number of aliphatic carboxylic acids is 1. The van der Waals surface area contributed by atoms with Gasteiger partial charge in [0.05, 0.1) is 5.92 Å². The van der Waals surface area contributed by atoms with E-state index >= 15 is 0 Å². The third kappa shape index (κ3) is 2.67. The number of rotatable bonds is 4. The van der Waals surface area contributed by atoms with Gasteiger partial charge in [-0.1, -0.05) is 31.2 Å². The van der Waals surface area contributed by atoms with Crippen molar-refractivity contribution in [1.82, 2.24) is 10.2 Å². The van der Waals surface area contributed by atoms with Crippen LogP contribution in [0.15, 0.2) is 24.3 Å². The van der Waals surface area contributed by atoms with E-state index in [1.165, 1.54) is 4.90 Å². The third-order valence-corrected chi connectivity index (χ3v) is 3.88. The van der Waals surface area contributed by atoms with Crippen LogP contribution in [0.3, 0.4) is 0 Å². The first kappa shape index (κ1) is 14.5. The number of benzene rings is 1. The number of amides is 1. The second-order valence-corrected chi connectivity index (χ2v) is 5.09. The number of nitrogens with one attached hydrogen (secondary N) is 1. The molecule has 0 fully saturated rings. The first-order valence-corrected chi connectivity index (χ1v) is 6.84. The molecule has 2 atom stereocenters. The first-order chi connectivity index (χ1) is 9.56. The number of hydrogen-bond donors (Lipinski definition) is 2. The molecule has 1 aromatic rings. The van der Waals surface area contributed by atoms with Crippen molar-refractivity contribution in [2.24, 2.45) is 0 Å². The molecule has 5 nitrogen and oxygen atoms in total. The van der Waals surface area contributed by atoms with Gasteiger partial charge in [-0.3, -0.25) is 4.79 Å². The van der Waals surface area contributed by atoms with E-state index in [0.29, 0.717) is 13.0 Å². The molecule has 1 aliphatic heterocycles. The van der Waals surface area contributed by atoms with Crippen LogP contribution in [-0.2, 0) is 16.1 Å². The van der Waals surface area contributed by atoms with Gasteiger partial charge >= 0.3 is 5.97 Å². The molecule has 1 amide bonds. The van der Waals surface area contributed by atoms with Crippen LogP contribution in [0, 0.1) is 0 Å². The summed E-state index contributed by atoms with van der Waals surface area (Å²) in [6.45, 7) is 3.08. The van der Waals surface area contributed by atoms with Gasteiger partial charge in [-0.2, -0.15) is 0 Å². The van der Waals surface area contributed by atoms with Crippen LogP contribution in [0.5, 0.6) is 0 Å². The molecule has 1 heterocycles. The van der Waals surface area contributed by atoms with Crippen molar-refractivity contribution in [3.8, 4) is 0 Å². The van der Waals surface area contributed by atoms with E-state index in [1.54, 1.807) is 14.0 Å². The van der Waals surface area contributed by atoms with Crippen LogP contribution in [0.4, 0.5) is 0 Å². The van der Waals surface area contributed by atoms with Gasteiger partial charge in [0.2, 0.25) is 5.91 Å². The van der Waals surface area contributed by atoms with Crippen molar-refractivity contribution in [3.63, 3.8) is 0 Å². The minimum Gasteiger partial charge on any atom is -0.480 e. The molecular weight excluding hydrogens is 256 g/mol. The highest BCUT2D eigenvalue weighted by atomic mass is 16.4. The van der Waals surface area contributed by atoms with E-state index in [2.05, 4.69) is 5.32 Å². The summed E-state index contributed by atoms with van der Waals surface area (Å²) in [5.74, 6) is -1.40. The molecule has 0 radical (unpaired) electrons. The van der Waals surface area contributed by atoms with Crippen LogP contribution in [0.1, 0.15) is 30.4 Å². The monoisotopic (exact) mass is 276 g/mol. The second kappa shape index (κ2) is 6.05. The van der Waals surface area contributed by atoms with Crippen molar-refractivity contribution >= 4 is 11.9 Å². The van der Waals surface area contributed by atoms with Crippen molar-refractivity contribution in [3.05, 3.63) is 35.4 Å². The molecule has 1 aromatic carbocycles. The number of carboxylic acid groups (broad SMARTS) is 1. The standard InChI is InChI=1S/C15H20N2O3/c1-3-13(15(19)20)17(2)14(18)12-9-16-8-10-6-4-5-7-11(10)12/h4-7,12-13,16H,3,8-9H2,1-2H3,(H,19,20). The summed E-state index contributed by atoms with van der Waals surface area (Å²) in [6, 6.07) is 7.05. The predicted molar refractivity (Wildman–Crippen MR) is 75.4 cm³/mol. The summed E-state index contributed by atoms with van der Waals surface area (Å²) in [7, 11) is 1.57. The molecule has 0 spiro atoms. The fourth-order valence-electron chi connectivity index (χ4n) is 2.73. The molecule has 1 aliphatic rings. The minimum atomic E-state index is -0.958. The molecule has 0 saturated heterocycles. The minimum absolute atomic E-state index is 0.140. The Hall–Kier alpha value is -1.88. The number of hydrogen-bond acceptors (Lipinski definition) is 3. The van der Waals surface area contributed by atoms with Crippen LogP contribution in [-0.4, -0.2) is 41.5 Å². The maximum atomic E-state index is 12.6. The Kier molecular flexibility index (Phi) is 4.39. The van der Waals surface area contributed by atoms with E-state index in [1.807, 2.05) is 24.3 Å². The molecular formula is C15H20N2O3. The van der Waals surface area contributed by atoms with E-state index < -0.39 is 12.0 Å². The van der Waals surface area contributed by atoms with Gasteiger partial charge in [-0.15, -0.1) is 0 Å². The quantitative estimate of drug-likeness (QED) is 0.867. The van der Waals surface area contributed by atoms with Crippen LogP contribution in [0.2, 0.25) is 0 Å².